The SMILES string of the molecule is CCN1CC(C)(C)Oc2nc(N3CC4CCC(C3)O4)nc(-c3ccc(NC(=O)Nc4ccc(N5CCN(C)CC5)nc4)c(F)c3)c2C1=O. The van der Waals surface area contributed by atoms with Crippen molar-refractivity contribution >= 4 is 35.1 Å². The van der Waals surface area contributed by atoms with Crippen LogP contribution < -0.4 is 25.2 Å². The highest BCUT2D eigenvalue weighted by atomic mass is 19.1. The quantitative estimate of drug-likeness (QED) is 0.400. The number of nitrogens with one attached hydrogen (secondary N) is 2. The molecule has 254 valence electrons. The number of ether oxygens (including phenoxy) is 2. The number of hydrogen-bond donors (Lipinski definition) is 2. The van der Waals surface area contributed by atoms with Gasteiger partial charge in [0.15, 0.2) is 0 Å². The number of halogens is 1. The fourth-order valence-corrected chi connectivity index (χ4v) is 6.79. The molecule has 2 atom stereocenters. The normalized spacial score (nSPS) is 22.2. The zero-order chi connectivity index (χ0) is 33.6. The van der Waals surface area contributed by atoms with E-state index < -0.39 is 17.4 Å². The fraction of sp³-hybridized carbons (Fsp3) is 0.500. The van der Waals surface area contributed by atoms with Gasteiger partial charge in [0.05, 0.1) is 42.0 Å². The number of nitrogens with zero attached hydrogens (tertiary/aromatic N) is 7. The van der Waals surface area contributed by atoms with Gasteiger partial charge in [-0.2, -0.15) is 4.98 Å². The number of urea groups is 1. The standard InChI is InChI=1S/C34H42FN9O4/c1-5-42-20-34(2,3)48-30-28(31(42)45)29(39-32(40-30)44-18-23-8-9-24(19-44)47-23)21-6-10-26(25(35)16-21)38-33(46)37-22-7-11-27(36-17-22)43-14-12-41(4)13-15-43/h6-7,10-11,16-17,23-24H,5,8-9,12-15,18-20H2,1-4H3,(H2,37,38,46). The third kappa shape index (κ3) is 6.59. The first-order valence-corrected chi connectivity index (χ1v) is 16.6. The molecular weight excluding hydrogens is 617 g/mol. The number of carbonyl (C=O) groups excluding carboxylic acids is 2. The highest BCUT2D eigenvalue weighted by Crippen LogP contribution is 2.38. The van der Waals surface area contributed by atoms with Crippen LogP contribution in [0.5, 0.6) is 5.88 Å². The van der Waals surface area contributed by atoms with E-state index in [1.165, 1.54) is 12.1 Å². The van der Waals surface area contributed by atoms with Gasteiger partial charge in [-0.25, -0.2) is 19.2 Å². The van der Waals surface area contributed by atoms with Crippen molar-refractivity contribution in [3.05, 3.63) is 47.9 Å². The summed E-state index contributed by atoms with van der Waals surface area (Å²) in [5.74, 6) is 0.466. The van der Waals surface area contributed by atoms with E-state index in [-0.39, 0.29) is 40.9 Å². The van der Waals surface area contributed by atoms with E-state index in [1.54, 1.807) is 23.2 Å². The third-order valence-electron chi connectivity index (χ3n) is 9.34. The Bertz CT molecular complexity index is 1680. The predicted molar refractivity (Wildman–Crippen MR) is 180 cm³/mol. The van der Waals surface area contributed by atoms with Crippen molar-refractivity contribution in [2.75, 3.05) is 79.8 Å². The smallest absolute Gasteiger partial charge is 0.323 e. The van der Waals surface area contributed by atoms with Crippen LogP contribution in [0.1, 0.15) is 44.0 Å². The van der Waals surface area contributed by atoms with Crippen molar-refractivity contribution in [3.63, 3.8) is 0 Å². The van der Waals surface area contributed by atoms with Crippen LogP contribution in [0.4, 0.5) is 32.3 Å². The number of morpholine rings is 1. The largest absolute Gasteiger partial charge is 0.469 e. The maximum absolute atomic E-state index is 15.7. The number of anilines is 4. The lowest BCUT2D eigenvalue weighted by molar-refractivity contribution is 0.0297. The molecule has 3 fully saturated rings. The molecule has 3 aromatic rings. The number of likely N-dealkylation sites (N-methyl/N-ethyl adjacent to an activating group) is 2. The maximum Gasteiger partial charge on any atom is 0.323 e. The van der Waals surface area contributed by atoms with Gasteiger partial charge < -0.3 is 39.7 Å². The van der Waals surface area contributed by atoms with Gasteiger partial charge in [0, 0.05) is 51.4 Å². The second-order valence-corrected chi connectivity index (χ2v) is 13.6. The summed E-state index contributed by atoms with van der Waals surface area (Å²) >= 11 is 0. The Kier molecular flexibility index (Phi) is 8.54. The average molecular weight is 660 g/mol. The van der Waals surface area contributed by atoms with Crippen LogP contribution >= 0.6 is 0 Å². The summed E-state index contributed by atoms with van der Waals surface area (Å²) in [7, 11) is 2.10. The summed E-state index contributed by atoms with van der Waals surface area (Å²) in [6.07, 6.45) is 3.70. The van der Waals surface area contributed by atoms with Crippen LogP contribution in [0.15, 0.2) is 36.5 Å². The number of benzene rings is 1. The second-order valence-electron chi connectivity index (χ2n) is 13.6. The molecule has 2 aromatic heterocycles. The van der Waals surface area contributed by atoms with E-state index in [0.29, 0.717) is 43.4 Å². The summed E-state index contributed by atoms with van der Waals surface area (Å²) in [5.41, 5.74) is 0.575. The van der Waals surface area contributed by atoms with E-state index in [1.807, 2.05) is 26.8 Å². The summed E-state index contributed by atoms with van der Waals surface area (Å²) in [4.78, 5) is 49.1. The predicted octanol–water partition coefficient (Wildman–Crippen LogP) is 4.07. The van der Waals surface area contributed by atoms with Crippen molar-refractivity contribution in [1.82, 2.24) is 24.8 Å². The molecule has 3 amide bonds. The Morgan fingerprint density at radius 1 is 1.02 bits per heavy atom. The van der Waals surface area contributed by atoms with Crippen LogP contribution in [0.3, 0.4) is 0 Å². The molecule has 7 rings (SSSR count). The Balaban J connectivity index is 1.14. The lowest BCUT2D eigenvalue weighted by Crippen LogP contribution is -2.44. The Labute approximate surface area is 279 Å². The molecule has 3 saturated heterocycles. The minimum absolute atomic E-state index is 0.0257. The van der Waals surface area contributed by atoms with Gasteiger partial charge in [-0.15, -0.1) is 0 Å². The summed E-state index contributed by atoms with van der Waals surface area (Å²) in [6.45, 7) is 11.5. The van der Waals surface area contributed by atoms with Crippen molar-refractivity contribution < 1.29 is 23.5 Å². The number of pyridine rings is 1. The average Bonchev–Trinajstić information content (AvgIpc) is 3.36. The van der Waals surface area contributed by atoms with Crippen molar-refractivity contribution in [2.24, 2.45) is 0 Å². The Hall–Kier alpha value is -4.56. The fourth-order valence-electron chi connectivity index (χ4n) is 6.79. The molecule has 0 radical (unpaired) electrons. The van der Waals surface area contributed by atoms with Gasteiger partial charge in [-0.05, 0) is 64.9 Å². The monoisotopic (exact) mass is 659 g/mol. The lowest BCUT2D eigenvalue weighted by Gasteiger charge is -2.33. The molecule has 4 aliphatic rings. The first-order chi connectivity index (χ1) is 23.0. The van der Waals surface area contributed by atoms with Gasteiger partial charge in [0.1, 0.15) is 22.8 Å². The van der Waals surface area contributed by atoms with Crippen molar-refractivity contribution in [2.45, 2.75) is 51.4 Å². The van der Waals surface area contributed by atoms with E-state index in [9.17, 15) is 9.59 Å². The molecule has 6 heterocycles. The molecule has 2 bridgehead atoms. The van der Waals surface area contributed by atoms with Gasteiger partial charge in [0.25, 0.3) is 5.91 Å². The van der Waals surface area contributed by atoms with E-state index in [2.05, 4.69) is 37.4 Å². The zero-order valence-electron chi connectivity index (χ0n) is 27.8. The molecule has 14 heteroatoms. The molecule has 13 nitrogen and oxygen atoms in total. The lowest BCUT2D eigenvalue weighted by atomic mass is 10.0. The number of piperazine rings is 1. The molecular formula is C34H42FN9O4. The minimum Gasteiger partial charge on any atom is -0.469 e. The highest BCUT2D eigenvalue weighted by Gasteiger charge is 2.39. The zero-order valence-corrected chi connectivity index (χ0v) is 27.8. The number of rotatable bonds is 6. The van der Waals surface area contributed by atoms with Crippen LogP contribution in [-0.4, -0.2) is 114 Å². The van der Waals surface area contributed by atoms with Crippen LogP contribution in [0, 0.1) is 5.82 Å². The number of fused-ring (bicyclic) bond motifs is 3. The molecule has 2 N–H and O–H groups in total. The Morgan fingerprint density at radius 2 is 1.77 bits per heavy atom. The van der Waals surface area contributed by atoms with Gasteiger partial charge in [-0.3, -0.25) is 4.79 Å². The first-order valence-electron chi connectivity index (χ1n) is 16.6. The summed E-state index contributed by atoms with van der Waals surface area (Å²) in [6, 6.07) is 7.41. The van der Waals surface area contributed by atoms with E-state index in [0.717, 1.165) is 44.8 Å². The number of aromatic nitrogens is 3. The molecule has 1 aromatic carbocycles. The maximum atomic E-state index is 15.7. The molecule has 0 aliphatic carbocycles. The topological polar surface area (TPSA) is 128 Å². The molecule has 0 spiro atoms. The number of amides is 3. The second kappa shape index (κ2) is 12.8. The van der Waals surface area contributed by atoms with Crippen LogP contribution in [-0.2, 0) is 4.74 Å². The third-order valence-corrected chi connectivity index (χ3v) is 9.34. The minimum atomic E-state index is -0.712. The van der Waals surface area contributed by atoms with E-state index in [4.69, 9.17) is 19.4 Å². The van der Waals surface area contributed by atoms with Gasteiger partial charge in [0.2, 0.25) is 11.8 Å². The van der Waals surface area contributed by atoms with Crippen molar-refractivity contribution in [1.29, 1.82) is 0 Å². The number of hydrogen-bond acceptors (Lipinski definition) is 10. The number of carbonyl (C=O) groups is 2. The van der Waals surface area contributed by atoms with Gasteiger partial charge >= 0.3 is 6.03 Å². The summed E-state index contributed by atoms with van der Waals surface area (Å²) in [5, 5.41) is 5.31. The highest BCUT2D eigenvalue weighted by molar-refractivity contribution is 6.03. The molecule has 4 aliphatic heterocycles. The van der Waals surface area contributed by atoms with E-state index >= 15 is 4.39 Å². The van der Waals surface area contributed by atoms with Crippen LogP contribution in [0.2, 0.25) is 0 Å². The van der Waals surface area contributed by atoms with Crippen molar-refractivity contribution in [3.8, 4) is 17.1 Å². The first kappa shape index (κ1) is 32.0. The van der Waals surface area contributed by atoms with Crippen LogP contribution in [0.25, 0.3) is 11.3 Å². The Morgan fingerprint density at radius 3 is 2.44 bits per heavy atom. The molecule has 2 unspecified atom stereocenters. The molecule has 0 saturated carbocycles. The summed E-state index contributed by atoms with van der Waals surface area (Å²) < 4.78 is 28.1. The molecule has 48 heavy (non-hydrogen) atoms. The van der Waals surface area contributed by atoms with Gasteiger partial charge in [-0.1, -0.05) is 6.07 Å².